The maximum atomic E-state index is 13.8. The number of benzene rings is 4. The Labute approximate surface area is 410 Å². The number of ether oxygens (including phenoxy) is 2. The van der Waals surface area contributed by atoms with Gasteiger partial charge in [0.2, 0.25) is 11.8 Å². The molecule has 2 aliphatic heterocycles. The number of nitrogens with one attached hydrogen (secondary N) is 4. The number of hydrogen-bond acceptors (Lipinski definition) is 8. The molecule has 4 aliphatic carbocycles. The van der Waals surface area contributed by atoms with Crippen molar-refractivity contribution in [2.75, 3.05) is 27.3 Å². The van der Waals surface area contributed by atoms with Crippen molar-refractivity contribution in [1.82, 2.24) is 40.4 Å². The predicted molar refractivity (Wildman–Crippen MR) is 269 cm³/mol. The van der Waals surface area contributed by atoms with Crippen LogP contribution in [0.15, 0.2) is 97.3 Å². The number of H-pyrrole nitrogens is 2. The lowest BCUT2D eigenvalue weighted by Gasteiger charge is -2.30. The lowest BCUT2D eigenvalue weighted by atomic mass is 9.85. The zero-order valence-corrected chi connectivity index (χ0v) is 41.0. The van der Waals surface area contributed by atoms with E-state index in [1.807, 2.05) is 49.9 Å². The minimum Gasteiger partial charge on any atom is -0.453 e. The van der Waals surface area contributed by atoms with Crippen molar-refractivity contribution in [2.24, 2.45) is 11.8 Å². The van der Waals surface area contributed by atoms with Gasteiger partial charge in [0.15, 0.2) is 0 Å². The van der Waals surface area contributed by atoms with Gasteiger partial charge >= 0.3 is 12.2 Å². The first-order valence-corrected chi connectivity index (χ1v) is 24.7. The second kappa shape index (κ2) is 20.8. The largest absolute Gasteiger partial charge is 0.453 e. The van der Waals surface area contributed by atoms with Crippen LogP contribution in [0.2, 0.25) is 0 Å². The number of aryl methyl sites for hydroxylation is 4. The van der Waals surface area contributed by atoms with E-state index in [1.54, 1.807) is 0 Å². The normalized spacial score (nSPS) is 17.6. The van der Waals surface area contributed by atoms with Crippen LogP contribution in [0.4, 0.5) is 9.59 Å². The van der Waals surface area contributed by atoms with Crippen molar-refractivity contribution < 1.29 is 28.7 Å². The number of aromatic amines is 2. The summed E-state index contributed by atoms with van der Waals surface area (Å²) in [6.45, 7) is 8.85. The summed E-state index contributed by atoms with van der Waals surface area (Å²) in [5.41, 5.74) is 13.7. The molecule has 14 nitrogen and oxygen atoms in total. The molecule has 14 heteroatoms. The average Bonchev–Trinajstić information content (AvgIpc) is 4.23. The second-order valence-electron chi connectivity index (χ2n) is 19.6. The topological polar surface area (TPSA) is 175 Å². The molecule has 0 saturated carbocycles. The van der Waals surface area contributed by atoms with Gasteiger partial charge in [-0.2, -0.15) is 0 Å². The van der Waals surface area contributed by atoms with Crippen LogP contribution in [-0.4, -0.2) is 93.1 Å². The first kappa shape index (κ1) is 47.8. The number of likely N-dealkylation sites (tertiary alicyclic amines) is 2. The molecule has 4 amide bonds. The molecular weight excluding hydrogens is 881 g/mol. The Kier molecular flexibility index (Phi) is 14.2. The number of carbonyl (C=O) groups is 4. The van der Waals surface area contributed by atoms with Crippen molar-refractivity contribution in [1.29, 1.82) is 0 Å². The minimum atomic E-state index is -0.694. The van der Waals surface area contributed by atoms with E-state index in [2.05, 4.69) is 106 Å². The molecular formula is C56H64N8O6. The number of amides is 4. The second-order valence-corrected chi connectivity index (χ2v) is 19.6. The molecule has 70 heavy (non-hydrogen) atoms. The highest BCUT2D eigenvalue weighted by atomic mass is 16.5. The van der Waals surface area contributed by atoms with E-state index in [4.69, 9.17) is 19.4 Å². The van der Waals surface area contributed by atoms with Gasteiger partial charge in [-0.1, -0.05) is 113 Å². The zero-order chi connectivity index (χ0) is 49.1. The van der Waals surface area contributed by atoms with E-state index >= 15 is 0 Å². The highest BCUT2D eigenvalue weighted by Gasteiger charge is 2.39. The highest BCUT2D eigenvalue weighted by molar-refractivity contribution is 5.87. The number of carbonyl (C=O) groups excluding carboxylic acids is 4. The Morgan fingerprint density at radius 1 is 0.557 bits per heavy atom. The van der Waals surface area contributed by atoms with Crippen LogP contribution in [-0.2, 0) is 44.7 Å². The smallest absolute Gasteiger partial charge is 0.407 e. The van der Waals surface area contributed by atoms with Crippen LogP contribution >= 0.6 is 0 Å². The Balaban J connectivity index is 0.958. The summed E-state index contributed by atoms with van der Waals surface area (Å²) in [6, 6.07) is 29.4. The van der Waals surface area contributed by atoms with E-state index in [0.29, 0.717) is 13.1 Å². The maximum absolute atomic E-state index is 13.8. The van der Waals surface area contributed by atoms with Crippen LogP contribution in [0.3, 0.4) is 0 Å². The van der Waals surface area contributed by atoms with Gasteiger partial charge in [0.1, 0.15) is 23.7 Å². The van der Waals surface area contributed by atoms with E-state index in [9.17, 15) is 19.2 Å². The molecule has 6 aromatic rings. The van der Waals surface area contributed by atoms with E-state index < -0.39 is 24.3 Å². The van der Waals surface area contributed by atoms with Crippen molar-refractivity contribution in [3.63, 3.8) is 0 Å². The molecule has 4 N–H and O–H groups in total. The number of alkyl carbamates (subject to hydrolysis) is 2. The summed E-state index contributed by atoms with van der Waals surface area (Å²) >= 11 is 0. The van der Waals surface area contributed by atoms with Crippen LogP contribution in [0.25, 0.3) is 44.8 Å². The molecule has 2 saturated heterocycles. The van der Waals surface area contributed by atoms with Gasteiger partial charge in [0.25, 0.3) is 0 Å². The average molecular weight is 945 g/mol. The van der Waals surface area contributed by atoms with E-state index in [0.717, 1.165) is 96.7 Å². The van der Waals surface area contributed by atoms with Crippen molar-refractivity contribution in [3.8, 4) is 44.8 Å². The summed E-state index contributed by atoms with van der Waals surface area (Å²) in [5.74, 6) is 0.986. The highest BCUT2D eigenvalue weighted by Crippen LogP contribution is 2.38. The fourth-order valence-electron chi connectivity index (χ4n) is 10.4. The third-order valence-electron chi connectivity index (χ3n) is 14.4. The third kappa shape index (κ3) is 10.1. The van der Waals surface area contributed by atoms with Crippen molar-refractivity contribution in [3.05, 3.63) is 131 Å². The minimum absolute atomic E-state index is 0.111. The first-order chi connectivity index (χ1) is 33.9. The SMILES string of the molecule is COC(=O)N[C@H](C(=O)N1CCCC1c1ncc(-c2ccc(-c3cc4c(-c5ccc(-c6cnc([C@@H]7CCCN7C(=O)[C@@H](NC(=O)OC)C(C)C)[nH]6)cc5)cc3CCc3ccc(cc3)CC4)cc2)[nH]1)C(C)C. The molecule has 0 radical (unpaired) electrons. The van der Waals surface area contributed by atoms with Gasteiger partial charge in [0, 0.05) is 13.1 Å². The lowest BCUT2D eigenvalue weighted by molar-refractivity contribution is -0.136. The van der Waals surface area contributed by atoms with Gasteiger partial charge in [0.05, 0.1) is 50.1 Å². The molecule has 0 spiro atoms. The van der Waals surface area contributed by atoms with E-state index in [1.165, 1.54) is 47.6 Å². The Morgan fingerprint density at radius 3 is 1.29 bits per heavy atom. The summed E-state index contributed by atoms with van der Waals surface area (Å²) in [4.78, 5) is 72.0. The Hall–Kier alpha value is -7.22. The van der Waals surface area contributed by atoms with Gasteiger partial charge in [-0.05, 0) is 119 Å². The van der Waals surface area contributed by atoms with Gasteiger partial charge in [-0.15, -0.1) is 0 Å². The van der Waals surface area contributed by atoms with E-state index in [-0.39, 0.29) is 35.7 Å². The molecule has 2 fully saturated rings. The number of hydrogen-bond donors (Lipinski definition) is 4. The summed E-state index contributed by atoms with van der Waals surface area (Å²) in [5, 5.41) is 5.46. The molecule has 364 valence electrons. The quantitative estimate of drug-likeness (QED) is 0.0938. The van der Waals surface area contributed by atoms with Crippen LogP contribution < -0.4 is 10.6 Å². The molecule has 4 aromatic carbocycles. The fourth-order valence-corrected chi connectivity index (χ4v) is 10.4. The first-order valence-electron chi connectivity index (χ1n) is 24.7. The molecule has 6 aliphatic rings. The molecule has 4 bridgehead atoms. The van der Waals surface area contributed by atoms with Gasteiger partial charge in [-0.3, -0.25) is 9.59 Å². The lowest BCUT2D eigenvalue weighted by Crippen LogP contribution is -2.51. The van der Waals surface area contributed by atoms with Crippen LogP contribution in [0, 0.1) is 11.8 Å². The Morgan fingerprint density at radius 2 is 0.929 bits per heavy atom. The fraction of sp³-hybridized carbons (Fsp3) is 0.393. The zero-order valence-electron chi connectivity index (χ0n) is 41.0. The molecule has 1 unspecified atom stereocenters. The van der Waals surface area contributed by atoms with Crippen molar-refractivity contribution in [2.45, 2.75) is 103 Å². The Bertz CT molecular complexity index is 2640. The number of aromatic nitrogens is 4. The number of methoxy groups -OCH3 is 2. The summed E-state index contributed by atoms with van der Waals surface area (Å²) in [7, 11) is 2.60. The predicted octanol–water partition coefficient (Wildman–Crippen LogP) is 9.77. The standard InChI is InChI=1S/C56H64N8O6/c1-33(2)49(61-55(67)69-5)53(65)63-27-7-9-47(63)51-57-31-45(59-51)39-23-19-37(20-24-39)43-29-42-18-16-36-13-11-35(12-14-36)15-17-41(43)30-44(42)38-21-25-40(26-22-38)46-32-58-52(60-46)48-10-8-28-64(48)54(66)50(34(3)4)62-56(68)70-6/h11-14,19-26,29-34,47-50H,7-10,15-18,27-28H2,1-6H3,(H,57,59)(H,58,60)(H,61,67)(H,62,68)/t47-,48?,49-,50-/m0/s1. The number of rotatable bonds is 12. The van der Waals surface area contributed by atoms with Crippen LogP contribution in [0.1, 0.15) is 99.4 Å². The van der Waals surface area contributed by atoms with Gasteiger partial charge < -0.3 is 39.9 Å². The van der Waals surface area contributed by atoms with Crippen molar-refractivity contribution >= 4 is 24.0 Å². The molecule has 12 rings (SSSR count). The number of nitrogens with zero attached hydrogens (tertiary/aromatic N) is 4. The van der Waals surface area contributed by atoms with Crippen LogP contribution in [0.5, 0.6) is 0 Å². The molecule has 4 atom stereocenters. The third-order valence-corrected chi connectivity index (χ3v) is 14.4. The molecule has 2 aromatic heterocycles. The maximum Gasteiger partial charge on any atom is 0.407 e. The summed E-state index contributed by atoms with van der Waals surface area (Å²) < 4.78 is 9.62. The summed E-state index contributed by atoms with van der Waals surface area (Å²) in [6.07, 6.45) is 9.31. The monoisotopic (exact) mass is 944 g/mol. The number of imidazole rings is 2. The van der Waals surface area contributed by atoms with Gasteiger partial charge in [-0.25, -0.2) is 19.6 Å². The molecule has 4 heterocycles.